The van der Waals surface area contributed by atoms with Crippen molar-refractivity contribution >= 4 is 23.5 Å². The van der Waals surface area contributed by atoms with Crippen LogP contribution in [-0.4, -0.2) is 45.7 Å². The summed E-state index contributed by atoms with van der Waals surface area (Å²) in [7, 11) is 0. The van der Waals surface area contributed by atoms with Gasteiger partial charge in [0.05, 0.1) is 18.5 Å². The van der Waals surface area contributed by atoms with Gasteiger partial charge >= 0.3 is 6.09 Å². The number of hydrogen-bond donors (Lipinski definition) is 3. The molecule has 3 rings (SSSR count). The molecule has 3 aromatic rings. The third-order valence-electron chi connectivity index (χ3n) is 4.06. The molecular weight excluding hydrogens is 382 g/mol. The largest absolute Gasteiger partial charge is 0.450 e. The molecule has 0 radical (unpaired) electrons. The van der Waals surface area contributed by atoms with Gasteiger partial charge in [0.25, 0.3) is 0 Å². The maximum absolute atomic E-state index is 11.5. The van der Waals surface area contributed by atoms with Crippen LogP contribution in [0.2, 0.25) is 0 Å². The van der Waals surface area contributed by atoms with Crippen LogP contribution in [0.15, 0.2) is 55.1 Å². The lowest BCUT2D eigenvalue weighted by atomic mass is 10.1. The van der Waals surface area contributed by atoms with Gasteiger partial charge in [0.2, 0.25) is 0 Å². The Labute approximate surface area is 175 Å². The molecule has 30 heavy (non-hydrogen) atoms. The summed E-state index contributed by atoms with van der Waals surface area (Å²) in [6, 6.07) is 9.51. The summed E-state index contributed by atoms with van der Waals surface area (Å²) in [5, 5.41) is 9.03. The molecule has 0 bridgehead atoms. The number of ether oxygens (including phenoxy) is 1. The molecule has 3 heterocycles. The van der Waals surface area contributed by atoms with Gasteiger partial charge in [-0.15, -0.1) is 0 Å². The van der Waals surface area contributed by atoms with Gasteiger partial charge in [-0.2, -0.15) is 0 Å². The van der Waals surface area contributed by atoms with E-state index in [1.54, 1.807) is 24.8 Å². The van der Waals surface area contributed by atoms with Crippen LogP contribution in [0.5, 0.6) is 0 Å². The summed E-state index contributed by atoms with van der Waals surface area (Å²) in [4.78, 5) is 28.7. The SMILES string of the molecule is CCCCOC(=O)NCCNc1cc(-c2cccc(Nc3cnccn3)n2)ccn1. The molecule has 3 aromatic heterocycles. The topological polar surface area (TPSA) is 114 Å². The maximum Gasteiger partial charge on any atom is 0.407 e. The summed E-state index contributed by atoms with van der Waals surface area (Å²) < 4.78 is 5.05. The standard InChI is InChI=1S/C21H25N7O2/c1-2-3-13-30-21(29)26-12-11-24-19-14-16(7-8-23-19)17-5-4-6-18(27-17)28-20-15-22-9-10-25-20/h4-10,14-15H,2-3,11-13H2,1H3,(H,23,24)(H,26,29)(H,25,27,28). The van der Waals surface area contributed by atoms with E-state index in [0.717, 1.165) is 24.1 Å². The van der Waals surface area contributed by atoms with Crippen LogP contribution in [0, 0.1) is 0 Å². The Morgan fingerprint density at radius 2 is 1.93 bits per heavy atom. The molecule has 0 saturated carbocycles. The summed E-state index contributed by atoms with van der Waals surface area (Å²) in [5.74, 6) is 1.99. The number of hydrogen-bond acceptors (Lipinski definition) is 8. The fourth-order valence-electron chi connectivity index (χ4n) is 2.56. The molecule has 0 aliphatic carbocycles. The highest BCUT2D eigenvalue weighted by Crippen LogP contribution is 2.21. The van der Waals surface area contributed by atoms with Crippen molar-refractivity contribution in [3.63, 3.8) is 0 Å². The molecule has 0 atom stereocenters. The molecule has 0 saturated heterocycles. The van der Waals surface area contributed by atoms with Crippen molar-refractivity contribution in [2.24, 2.45) is 0 Å². The van der Waals surface area contributed by atoms with E-state index in [2.05, 4.69) is 35.9 Å². The number of anilines is 3. The Morgan fingerprint density at radius 1 is 1.03 bits per heavy atom. The normalized spacial score (nSPS) is 10.3. The van der Waals surface area contributed by atoms with Gasteiger partial charge < -0.3 is 20.7 Å². The van der Waals surface area contributed by atoms with Crippen LogP contribution in [0.25, 0.3) is 11.3 Å². The first-order chi connectivity index (χ1) is 14.7. The number of rotatable bonds is 10. The van der Waals surface area contributed by atoms with Crippen LogP contribution in [0.3, 0.4) is 0 Å². The van der Waals surface area contributed by atoms with Crippen molar-refractivity contribution in [1.82, 2.24) is 25.3 Å². The van der Waals surface area contributed by atoms with Gasteiger partial charge in [0.1, 0.15) is 17.5 Å². The number of unbranched alkanes of at least 4 members (excludes halogenated alkanes) is 1. The molecule has 0 spiro atoms. The molecule has 1 amide bonds. The number of alkyl carbamates (subject to hydrolysis) is 1. The van der Waals surface area contributed by atoms with Crippen molar-refractivity contribution < 1.29 is 9.53 Å². The average molecular weight is 407 g/mol. The van der Waals surface area contributed by atoms with Crippen molar-refractivity contribution in [3.8, 4) is 11.3 Å². The van der Waals surface area contributed by atoms with E-state index in [1.165, 1.54) is 0 Å². The quantitative estimate of drug-likeness (QED) is 0.437. The first-order valence-corrected chi connectivity index (χ1v) is 9.85. The second kappa shape index (κ2) is 11.3. The first-order valence-electron chi connectivity index (χ1n) is 9.85. The minimum absolute atomic E-state index is 0.399. The van der Waals surface area contributed by atoms with Crippen LogP contribution in [0.1, 0.15) is 19.8 Å². The molecule has 0 fully saturated rings. The lowest BCUT2D eigenvalue weighted by molar-refractivity contribution is 0.145. The van der Waals surface area contributed by atoms with Crippen LogP contribution >= 0.6 is 0 Å². The number of nitrogens with zero attached hydrogens (tertiary/aromatic N) is 4. The van der Waals surface area contributed by atoms with Gasteiger partial charge in [0.15, 0.2) is 0 Å². The molecule has 0 unspecified atom stereocenters. The maximum atomic E-state index is 11.5. The second-order valence-corrected chi connectivity index (χ2v) is 6.40. The highest BCUT2D eigenvalue weighted by molar-refractivity contribution is 5.67. The van der Waals surface area contributed by atoms with Crippen LogP contribution in [-0.2, 0) is 4.74 Å². The van der Waals surface area contributed by atoms with Crippen molar-refractivity contribution in [2.45, 2.75) is 19.8 Å². The molecular formula is C21H25N7O2. The van der Waals surface area contributed by atoms with Crippen LogP contribution < -0.4 is 16.0 Å². The molecule has 0 aliphatic heterocycles. The highest BCUT2D eigenvalue weighted by atomic mass is 16.5. The Hall–Kier alpha value is -3.75. The number of pyridine rings is 2. The smallest absolute Gasteiger partial charge is 0.407 e. The van der Waals surface area contributed by atoms with Gasteiger partial charge in [-0.1, -0.05) is 19.4 Å². The van der Waals surface area contributed by atoms with E-state index in [1.807, 2.05) is 37.3 Å². The first kappa shape index (κ1) is 21.0. The second-order valence-electron chi connectivity index (χ2n) is 6.40. The van der Waals surface area contributed by atoms with Gasteiger partial charge in [0, 0.05) is 37.2 Å². The lowest BCUT2D eigenvalue weighted by Crippen LogP contribution is -2.29. The van der Waals surface area contributed by atoms with E-state index < -0.39 is 6.09 Å². The summed E-state index contributed by atoms with van der Waals surface area (Å²) in [6.07, 6.45) is 8.05. The molecule has 0 aliphatic rings. The zero-order valence-corrected chi connectivity index (χ0v) is 16.8. The van der Waals surface area contributed by atoms with E-state index in [9.17, 15) is 4.79 Å². The molecule has 3 N–H and O–H groups in total. The zero-order chi connectivity index (χ0) is 21.0. The Morgan fingerprint density at radius 3 is 2.77 bits per heavy atom. The minimum atomic E-state index is -0.399. The number of amides is 1. The third-order valence-corrected chi connectivity index (χ3v) is 4.06. The predicted molar refractivity (Wildman–Crippen MR) is 116 cm³/mol. The Kier molecular flexibility index (Phi) is 7.90. The molecule has 9 heteroatoms. The van der Waals surface area contributed by atoms with E-state index in [4.69, 9.17) is 4.74 Å². The molecule has 9 nitrogen and oxygen atoms in total. The molecule has 156 valence electrons. The van der Waals surface area contributed by atoms with Gasteiger partial charge in [-0.05, 0) is 30.7 Å². The van der Waals surface area contributed by atoms with E-state index >= 15 is 0 Å². The van der Waals surface area contributed by atoms with E-state index in [0.29, 0.717) is 37.1 Å². The summed E-state index contributed by atoms with van der Waals surface area (Å²) >= 11 is 0. The van der Waals surface area contributed by atoms with Crippen molar-refractivity contribution in [1.29, 1.82) is 0 Å². The Bertz CT molecular complexity index is 937. The minimum Gasteiger partial charge on any atom is -0.450 e. The number of aromatic nitrogens is 4. The van der Waals surface area contributed by atoms with Crippen molar-refractivity contribution in [3.05, 3.63) is 55.1 Å². The summed E-state index contributed by atoms with van der Waals surface area (Å²) in [6.45, 7) is 3.46. The Balaban J connectivity index is 1.54. The number of carbonyl (C=O) groups excluding carboxylic acids is 1. The summed E-state index contributed by atoms with van der Waals surface area (Å²) in [5.41, 5.74) is 1.72. The third kappa shape index (κ3) is 6.69. The number of nitrogens with one attached hydrogen (secondary N) is 3. The lowest BCUT2D eigenvalue weighted by Gasteiger charge is -2.10. The monoisotopic (exact) mass is 407 g/mol. The fourth-order valence-corrected chi connectivity index (χ4v) is 2.56. The predicted octanol–water partition coefficient (Wildman–Crippen LogP) is 3.62. The van der Waals surface area contributed by atoms with Crippen molar-refractivity contribution in [2.75, 3.05) is 30.3 Å². The van der Waals surface area contributed by atoms with Gasteiger partial charge in [-0.3, -0.25) is 4.98 Å². The van der Waals surface area contributed by atoms with Crippen LogP contribution in [0.4, 0.5) is 22.2 Å². The van der Waals surface area contributed by atoms with E-state index in [-0.39, 0.29) is 0 Å². The highest BCUT2D eigenvalue weighted by Gasteiger charge is 2.05. The number of carbonyl (C=O) groups is 1. The van der Waals surface area contributed by atoms with Gasteiger partial charge in [-0.25, -0.2) is 19.7 Å². The fraction of sp³-hybridized carbons (Fsp3) is 0.286. The zero-order valence-electron chi connectivity index (χ0n) is 16.8. The molecule has 0 aromatic carbocycles. The average Bonchev–Trinajstić information content (AvgIpc) is 2.78.